The summed E-state index contributed by atoms with van der Waals surface area (Å²) in [6.07, 6.45) is 3.64. The number of fused-ring (bicyclic) bond motifs is 1. The number of hydrogen-bond acceptors (Lipinski definition) is 4. The number of aromatic nitrogens is 2. The second-order valence-electron chi connectivity index (χ2n) is 11.0. The molecule has 2 aromatic carbocycles. The minimum atomic E-state index is -0.217. The highest BCUT2D eigenvalue weighted by atomic mass is 35.5. The lowest BCUT2D eigenvalue weighted by molar-refractivity contribution is -0.122. The number of nitrogens with zero attached hydrogens (tertiary/aromatic N) is 3. The third kappa shape index (κ3) is 5.35. The summed E-state index contributed by atoms with van der Waals surface area (Å²) in [5, 5.41) is 4.00. The number of halogens is 1. The van der Waals surface area contributed by atoms with Crippen LogP contribution in [0.25, 0.3) is 22.3 Å². The van der Waals surface area contributed by atoms with E-state index in [9.17, 15) is 9.59 Å². The predicted octanol–water partition coefficient (Wildman–Crippen LogP) is 5.08. The molecular weight excluding hydrogens is 472 g/mol. The average Bonchev–Trinajstić information content (AvgIpc) is 3.22. The highest BCUT2D eigenvalue weighted by Gasteiger charge is 2.33. The van der Waals surface area contributed by atoms with E-state index >= 15 is 0 Å². The molecule has 0 unspecified atom stereocenters. The molecule has 2 heterocycles. The van der Waals surface area contributed by atoms with Crippen LogP contribution in [-0.2, 0) is 11.3 Å². The molecule has 1 N–H and O–H groups in total. The molecule has 3 aromatic rings. The molecule has 190 valence electrons. The van der Waals surface area contributed by atoms with Crippen molar-refractivity contribution in [1.82, 2.24) is 19.8 Å². The van der Waals surface area contributed by atoms with Crippen LogP contribution in [0.1, 0.15) is 51.5 Å². The van der Waals surface area contributed by atoms with Crippen LogP contribution in [0.4, 0.5) is 0 Å². The molecule has 5 rings (SSSR count). The van der Waals surface area contributed by atoms with Crippen LogP contribution in [-0.4, -0.2) is 46.0 Å². The van der Waals surface area contributed by atoms with Gasteiger partial charge in [-0.05, 0) is 87.2 Å². The number of hydrogen-bond donors (Lipinski definition) is 1. The van der Waals surface area contributed by atoms with Gasteiger partial charge in [-0.25, -0.2) is 4.98 Å². The van der Waals surface area contributed by atoms with Gasteiger partial charge in [0, 0.05) is 29.7 Å². The van der Waals surface area contributed by atoms with Gasteiger partial charge in [0.15, 0.2) is 0 Å². The molecule has 0 bridgehead atoms. The Balaban J connectivity index is 1.44. The summed E-state index contributed by atoms with van der Waals surface area (Å²) in [5.74, 6) is 2.26. The summed E-state index contributed by atoms with van der Waals surface area (Å²) >= 11 is 6.23. The molecule has 1 aromatic heterocycles. The predicted molar refractivity (Wildman–Crippen MR) is 145 cm³/mol. The van der Waals surface area contributed by atoms with Gasteiger partial charge in [-0.1, -0.05) is 36.7 Å². The van der Waals surface area contributed by atoms with Gasteiger partial charge in [-0.15, -0.1) is 0 Å². The van der Waals surface area contributed by atoms with E-state index in [2.05, 4.69) is 23.2 Å². The smallest absolute Gasteiger partial charge is 0.262 e. The molecule has 2 aliphatic rings. The monoisotopic (exact) mass is 506 g/mol. The Bertz CT molecular complexity index is 1330. The molecule has 1 aliphatic carbocycles. The zero-order valence-electron chi connectivity index (χ0n) is 21.3. The number of nitrogens with one attached hydrogen (secondary N) is 1. The van der Waals surface area contributed by atoms with Crippen LogP contribution in [0, 0.1) is 11.8 Å². The SMILES string of the molecule is CC(C)NC(=O)Cn1c(-c2cccc(Cl)c2)nc2ccc([C@H]3C[C@H](CN4CC[C@H](C)C4)C3)cc2c1=O. The van der Waals surface area contributed by atoms with Gasteiger partial charge in [-0.3, -0.25) is 14.2 Å². The van der Waals surface area contributed by atoms with E-state index in [1.807, 2.05) is 38.1 Å². The third-order valence-corrected chi connectivity index (χ3v) is 7.78. The molecule has 36 heavy (non-hydrogen) atoms. The molecule has 1 atom stereocenters. The first-order valence-electron chi connectivity index (χ1n) is 13.1. The van der Waals surface area contributed by atoms with E-state index in [1.165, 1.54) is 36.2 Å². The normalized spacial score (nSPS) is 22.2. The minimum absolute atomic E-state index is 0.0156. The highest BCUT2D eigenvalue weighted by Crippen LogP contribution is 2.43. The number of carbonyl (C=O) groups is 1. The van der Waals surface area contributed by atoms with Gasteiger partial charge in [0.05, 0.1) is 10.9 Å². The Labute approximate surface area is 217 Å². The Morgan fingerprint density at radius 1 is 1.19 bits per heavy atom. The fourth-order valence-electron chi connectivity index (χ4n) is 5.71. The fraction of sp³-hybridized carbons (Fsp3) is 0.483. The number of benzene rings is 2. The fourth-order valence-corrected chi connectivity index (χ4v) is 5.90. The van der Waals surface area contributed by atoms with E-state index in [0.29, 0.717) is 33.2 Å². The first-order valence-corrected chi connectivity index (χ1v) is 13.5. The van der Waals surface area contributed by atoms with Crippen molar-refractivity contribution in [2.45, 2.75) is 58.5 Å². The Morgan fingerprint density at radius 3 is 2.69 bits per heavy atom. The maximum absolute atomic E-state index is 13.7. The second kappa shape index (κ2) is 10.3. The van der Waals surface area contributed by atoms with Gasteiger partial charge >= 0.3 is 0 Å². The maximum atomic E-state index is 13.7. The molecule has 1 aliphatic heterocycles. The number of amides is 1. The first kappa shape index (κ1) is 25.0. The van der Waals surface area contributed by atoms with Crippen molar-refractivity contribution < 1.29 is 4.79 Å². The van der Waals surface area contributed by atoms with Crippen LogP contribution < -0.4 is 10.9 Å². The molecule has 7 heteroatoms. The highest BCUT2D eigenvalue weighted by molar-refractivity contribution is 6.30. The van der Waals surface area contributed by atoms with Crippen molar-refractivity contribution in [1.29, 1.82) is 0 Å². The number of carbonyl (C=O) groups excluding carboxylic acids is 1. The van der Waals surface area contributed by atoms with Crippen molar-refractivity contribution in [3.63, 3.8) is 0 Å². The van der Waals surface area contributed by atoms with E-state index in [-0.39, 0.29) is 24.1 Å². The molecule has 6 nitrogen and oxygen atoms in total. The summed E-state index contributed by atoms with van der Waals surface area (Å²) in [4.78, 5) is 33.8. The summed E-state index contributed by atoms with van der Waals surface area (Å²) in [6.45, 7) is 9.69. The van der Waals surface area contributed by atoms with E-state index in [4.69, 9.17) is 16.6 Å². The summed E-state index contributed by atoms with van der Waals surface area (Å²) in [5.41, 5.74) is 2.35. The van der Waals surface area contributed by atoms with Crippen molar-refractivity contribution in [3.8, 4) is 11.4 Å². The van der Waals surface area contributed by atoms with Crippen molar-refractivity contribution >= 4 is 28.4 Å². The topological polar surface area (TPSA) is 67.2 Å². The molecule has 1 amide bonds. The average molecular weight is 507 g/mol. The van der Waals surface area contributed by atoms with Crippen LogP contribution in [0.5, 0.6) is 0 Å². The number of rotatable bonds is 7. The summed E-state index contributed by atoms with van der Waals surface area (Å²) < 4.78 is 1.48. The van der Waals surface area contributed by atoms with Crippen LogP contribution in [0.15, 0.2) is 47.3 Å². The summed E-state index contributed by atoms with van der Waals surface area (Å²) in [7, 11) is 0. The quantitative estimate of drug-likeness (QED) is 0.485. The minimum Gasteiger partial charge on any atom is -0.352 e. The summed E-state index contributed by atoms with van der Waals surface area (Å²) in [6, 6.07) is 13.3. The third-order valence-electron chi connectivity index (χ3n) is 7.54. The molecule has 0 radical (unpaired) electrons. The van der Waals surface area contributed by atoms with Gasteiger partial charge in [0.2, 0.25) is 5.91 Å². The van der Waals surface area contributed by atoms with Gasteiger partial charge in [0.1, 0.15) is 12.4 Å². The van der Waals surface area contributed by atoms with Gasteiger partial charge in [-0.2, -0.15) is 0 Å². The number of likely N-dealkylation sites (tertiary alicyclic amines) is 1. The van der Waals surface area contributed by atoms with Crippen molar-refractivity contribution in [2.24, 2.45) is 11.8 Å². The first-order chi connectivity index (χ1) is 17.3. The van der Waals surface area contributed by atoms with E-state index in [0.717, 1.165) is 24.7 Å². The Morgan fingerprint density at radius 2 is 2.00 bits per heavy atom. The van der Waals surface area contributed by atoms with Crippen molar-refractivity contribution in [2.75, 3.05) is 19.6 Å². The van der Waals surface area contributed by atoms with E-state index in [1.54, 1.807) is 12.1 Å². The molecule has 2 fully saturated rings. The largest absolute Gasteiger partial charge is 0.352 e. The van der Waals surface area contributed by atoms with Gasteiger partial charge in [0.25, 0.3) is 5.56 Å². The molecule has 1 saturated carbocycles. The standard InChI is InChI=1S/C29H35ClN4O2/c1-18(2)31-27(35)17-34-28(22-5-4-6-24(30)13-22)32-26-8-7-21(14-25(26)29(34)36)23-11-20(12-23)16-33-10-9-19(3)15-33/h4-8,13-14,18-20,23H,9-12,15-17H2,1-3H3,(H,31,35)/t19-,20-,23-/m0/s1. The molecule has 1 saturated heterocycles. The van der Waals surface area contributed by atoms with E-state index < -0.39 is 0 Å². The van der Waals surface area contributed by atoms with Gasteiger partial charge < -0.3 is 10.2 Å². The lowest BCUT2D eigenvalue weighted by Crippen LogP contribution is -2.37. The zero-order valence-corrected chi connectivity index (χ0v) is 22.1. The zero-order chi connectivity index (χ0) is 25.4. The maximum Gasteiger partial charge on any atom is 0.262 e. The van der Waals surface area contributed by atoms with Crippen LogP contribution in [0.3, 0.4) is 0 Å². The molecular formula is C29H35ClN4O2. The molecule has 0 spiro atoms. The van der Waals surface area contributed by atoms with Crippen molar-refractivity contribution in [3.05, 3.63) is 63.4 Å². The Kier molecular flexibility index (Phi) is 7.18. The lowest BCUT2D eigenvalue weighted by atomic mass is 9.71. The second-order valence-corrected chi connectivity index (χ2v) is 11.5. The van der Waals surface area contributed by atoms with Crippen LogP contribution in [0.2, 0.25) is 5.02 Å². The Hall–Kier alpha value is -2.70. The van der Waals surface area contributed by atoms with Crippen LogP contribution >= 0.6 is 11.6 Å². The lowest BCUT2D eigenvalue weighted by Gasteiger charge is -2.38.